The summed E-state index contributed by atoms with van der Waals surface area (Å²) in [5, 5.41) is 0. The monoisotopic (exact) mass is 225 g/mol. The van der Waals surface area contributed by atoms with Crippen LogP contribution in [0.1, 0.15) is 13.3 Å². The number of guanidine groups is 1. The minimum Gasteiger partial charge on any atom is -0.485 e. The van der Waals surface area contributed by atoms with Gasteiger partial charge in [-0.15, -0.1) is 0 Å². The van der Waals surface area contributed by atoms with Gasteiger partial charge in [0.25, 0.3) is 0 Å². The fourth-order valence-corrected chi connectivity index (χ4v) is 1.18. The first-order chi connectivity index (χ1) is 7.63. The molecule has 88 valence electrons. The third-order valence-electron chi connectivity index (χ3n) is 2.06. The summed E-state index contributed by atoms with van der Waals surface area (Å²) in [7, 11) is 0. The Morgan fingerprint density at radius 3 is 2.69 bits per heavy atom. The van der Waals surface area contributed by atoms with Crippen molar-refractivity contribution in [1.82, 2.24) is 0 Å². The lowest BCUT2D eigenvalue weighted by atomic mass is 10.2. The van der Waals surface area contributed by atoms with E-state index in [1.54, 1.807) is 18.2 Å². The van der Waals surface area contributed by atoms with Gasteiger partial charge in [-0.2, -0.15) is 0 Å². The number of para-hydroxylation sites is 1. The van der Waals surface area contributed by atoms with Gasteiger partial charge in [0, 0.05) is 0 Å². The van der Waals surface area contributed by atoms with Gasteiger partial charge in [-0.05, 0) is 18.6 Å². The van der Waals surface area contributed by atoms with Crippen LogP contribution in [0.3, 0.4) is 0 Å². The van der Waals surface area contributed by atoms with Crippen LogP contribution in [0.15, 0.2) is 29.3 Å². The fraction of sp³-hybridized carbons (Fsp3) is 0.364. The minimum absolute atomic E-state index is 0.00980. The van der Waals surface area contributed by atoms with Gasteiger partial charge in [0.15, 0.2) is 17.5 Å². The largest absolute Gasteiger partial charge is 0.485 e. The molecule has 5 heteroatoms. The molecule has 1 aromatic carbocycles. The molecule has 0 saturated heterocycles. The minimum atomic E-state index is -0.384. The van der Waals surface area contributed by atoms with E-state index in [9.17, 15) is 4.39 Å². The maximum Gasteiger partial charge on any atom is 0.186 e. The summed E-state index contributed by atoms with van der Waals surface area (Å²) in [6.45, 7) is 2.25. The topological polar surface area (TPSA) is 73.6 Å². The molecule has 0 aliphatic rings. The van der Waals surface area contributed by atoms with Crippen molar-refractivity contribution in [3.63, 3.8) is 0 Å². The predicted octanol–water partition coefficient (Wildman–Crippen LogP) is 1.26. The molecule has 0 aliphatic heterocycles. The highest BCUT2D eigenvalue weighted by Crippen LogP contribution is 2.18. The summed E-state index contributed by atoms with van der Waals surface area (Å²) in [6.07, 6.45) is 0.476. The summed E-state index contributed by atoms with van der Waals surface area (Å²) in [5.74, 6) is -0.152. The molecule has 0 radical (unpaired) electrons. The molecular weight excluding hydrogens is 209 g/mol. The average molecular weight is 225 g/mol. The molecule has 16 heavy (non-hydrogen) atoms. The lowest BCUT2D eigenvalue weighted by molar-refractivity contribution is 0.197. The van der Waals surface area contributed by atoms with Crippen molar-refractivity contribution in [3.8, 4) is 5.75 Å². The number of halogens is 1. The molecule has 0 bridgehead atoms. The summed E-state index contributed by atoms with van der Waals surface area (Å²) in [4.78, 5) is 3.85. The summed E-state index contributed by atoms with van der Waals surface area (Å²) >= 11 is 0. The maximum absolute atomic E-state index is 13.3. The second-order valence-corrected chi connectivity index (χ2v) is 3.34. The van der Waals surface area contributed by atoms with E-state index in [4.69, 9.17) is 16.2 Å². The summed E-state index contributed by atoms with van der Waals surface area (Å²) < 4.78 is 18.7. The van der Waals surface area contributed by atoms with Crippen LogP contribution < -0.4 is 16.2 Å². The van der Waals surface area contributed by atoms with Gasteiger partial charge in [-0.3, -0.25) is 0 Å². The van der Waals surface area contributed by atoms with E-state index in [0.29, 0.717) is 13.0 Å². The normalized spacial score (nSPS) is 11.9. The van der Waals surface area contributed by atoms with Crippen LogP contribution in [0.5, 0.6) is 5.75 Å². The molecule has 4 N–H and O–H groups in total. The Morgan fingerprint density at radius 1 is 1.44 bits per heavy atom. The number of benzene rings is 1. The van der Waals surface area contributed by atoms with Crippen LogP contribution >= 0.6 is 0 Å². The third kappa shape index (κ3) is 3.76. The molecule has 0 saturated carbocycles. The molecule has 0 aromatic heterocycles. The average Bonchev–Trinajstić information content (AvgIpc) is 2.26. The van der Waals surface area contributed by atoms with Gasteiger partial charge in [0.1, 0.15) is 6.10 Å². The van der Waals surface area contributed by atoms with Crippen molar-refractivity contribution in [3.05, 3.63) is 30.1 Å². The number of nitrogens with zero attached hydrogens (tertiary/aromatic N) is 1. The van der Waals surface area contributed by atoms with E-state index in [1.807, 2.05) is 6.92 Å². The number of hydrogen-bond acceptors (Lipinski definition) is 2. The van der Waals surface area contributed by atoms with Crippen LogP contribution in [0.25, 0.3) is 0 Å². The van der Waals surface area contributed by atoms with E-state index in [2.05, 4.69) is 4.99 Å². The fourth-order valence-electron chi connectivity index (χ4n) is 1.18. The van der Waals surface area contributed by atoms with E-state index in [1.165, 1.54) is 6.07 Å². The Bertz CT molecular complexity index is 364. The van der Waals surface area contributed by atoms with Gasteiger partial charge >= 0.3 is 0 Å². The van der Waals surface area contributed by atoms with Gasteiger partial charge in [-0.1, -0.05) is 19.1 Å². The van der Waals surface area contributed by atoms with Crippen molar-refractivity contribution in [2.24, 2.45) is 16.5 Å². The highest BCUT2D eigenvalue weighted by molar-refractivity contribution is 5.75. The van der Waals surface area contributed by atoms with Crippen molar-refractivity contribution in [2.75, 3.05) is 6.54 Å². The highest BCUT2D eigenvalue weighted by Gasteiger charge is 2.10. The van der Waals surface area contributed by atoms with Crippen molar-refractivity contribution < 1.29 is 9.13 Å². The van der Waals surface area contributed by atoms with Crippen LogP contribution in [0, 0.1) is 5.82 Å². The van der Waals surface area contributed by atoms with Crippen molar-refractivity contribution >= 4 is 5.96 Å². The number of aliphatic imine (C=N–C) groups is 1. The SMILES string of the molecule is CCC(CN=C(N)N)Oc1ccccc1F. The Balaban J connectivity index is 2.63. The standard InChI is InChI=1S/C11H16FN3O/c1-2-8(7-15-11(13)14)16-10-6-4-3-5-9(10)12/h3-6,8H,2,7H2,1H3,(H4,13,14,15). The Kier molecular flexibility index (Phi) is 4.57. The maximum atomic E-state index is 13.3. The van der Waals surface area contributed by atoms with Crippen LogP contribution in [0.2, 0.25) is 0 Å². The third-order valence-corrected chi connectivity index (χ3v) is 2.06. The first-order valence-electron chi connectivity index (χ1n) is 5.10. The molecule has 0 spiro atoms. The Labute approximate surface area is 94.1 Å². The van der Waals surface area contributed by atoms with Crippen LogP contribution in [-0.4, -0.2) is 18.6 Å². The Hall–Kier alpha value is -1.78. The van der Waals surface area contributed by atoms with E-state index in [0.717, 1.165) is 0 Å². The molecule has 0 amide bonds. The van der Waals surface area contributed by atoms with Gasteiger partial charge in [-0.25, -0.2) is 9.38 Å². The first-order valence-corrected chi connectivity index (χ1v) is 5.10. The second kappa shape index (κ2) is 5.95. The molecule has 0 aliphatic carbocycles. The molecule has 1 atom stereocenters. The lowest BCUT2D eigenvalue weighted by Crippen LogP contribution is -2.27. The summed E-state index contributed by atoms with van der Waals surface area (Å²) in [6, 6.07) is 6.25. The first kappa shape index (κ1) is 12.3. The number of nitrogens with two attached hydrogens (primary N) is 2. The smallest absolute Gasteiger partial charge is 0.186 e. The predicted molar refractivity (Wildman–Crippen MR) is 61.8 cm³/mol. The lowest BCUT2D eigenvalue weighted by Gasteiger charge is -2.15. The zero-order valence-corrected chi connectivity index (χ0v) is 9.19. The number of rotatable bonds is 5. The summed E-state index contributed by atoms with van der Waals surface area (Å²) in [5.41, 5.74) is 10.4. The van der Waals surface area contributed by atoms with Crippen molar-refractivity contribution in [2.45, 2.75) is 19.4 Å². The number of ether oxygens (including phenoxy) is 1. The quantitative estimate of drug-likeness (QED) is 0.585. The number of hydrogen-bond donors (Lipinski definition) is 2. The second-order valence-electron chi connectivity index (χ2n) is 3.34. The van der Waals surface area contributed by atoms with Gasteiger partial charge in [0.2, 0.25) is 0 Å². The van der Waals surface area contributed by atoms with E-state index < -0.39 is 0 Å². The molecule has 0 heterocycles. The van der Waals surface area contributed by atoms with Gasteiger partial charge < -0.3 is 16.2 Å². The van der Waals surface area contributed by atoms with E-state index in [-0.39, 0.29) is 23.6 Å². The molecule has 1 unspecified atom stereocenters. The van der Waals surface area contributed by atoms with E-state index >= 15 is 0 Å². The highest BCUT2D eigenvalue weighted by atomic mass is 19.1. The zero-order chi connectivity index (χ0) is 12.0. The van der Waals surface area contributed by atoms with Crippen LogP contribution in [0.4, 0.5) is 4.39 Å². The van der Waals surface area contributed by atoms with Crippen molar-refractivity contribution in [1.29, 1.82) is 0 Å². The molecule has 1 aromatic rings. The molecule has 1 rings (SSSR count). The van der Waals surface area contributed by atoms with Gasteiger partial charge in [0.05, 0.1) is 6.54 Å². The molecular formula is C11H16FN3O. The Morgan fingerprint density at radius 2 is 2.12 bits per heavy atom. The molecule has 0 fully saturated rings. The molecule has 4 nitrogen and oxygen atoms in total. The zero-order valence-electron chi connectivity index (χ0n) is 9.19. The van der Waals surface area contributed by atoms with Crippen LogP contribution in [-0.2, 0) is 0 Å².